The lowest BCUT2D eigenvalue weighted by atomic mass is 9.46. The lowest BCUT2D eigenvalue weighted by Crippen LogP contribution is -2.50. The molecule has 0 spiro atoms. The van der Waals surface area contributed by atoms with E-state index in [4.69, 9.17) is 0 Å². The molecule has 4 rings (SSSR count). The highest BCUT2D eigenvalue weighted by molar-refractivity contribution is 5.91. The lowest BCUT2D eigenvalue weighted by molar-refractivity contribution is -0.117. The van der Waals surface area contributed by atoms with Gasteiger partial charge in [0.15, 0.2) is 5.78 Å². The molecule has 0 bridgehead atoms. The van der Waals surface area contributed by atoms with Crippen LogP contribution >= 0.6 is 0 Å². The van der Waals surface area contributed by atoms with E-state index in [-0.39, 0.29) is 0 Å². The summed E-state index contributed by atoms with van der Waals surface area (Å²) >= 11 is 0. The van der Waals surface area contributed by atoms with Crippen LogP contribution in [0.5, 0.6) is 0 Å². The van der Waals surface area contributed by atoms with Gasteiger partial charge in [0.25, 0.3) is 0 Å². The van der Waals surface area contributed by atoms with Crippen LogP contribution in [0.15, 0.2) is 11.6 Å². The molecule has 152 valence electrons. The van der Waals surface area contributed by atoms with Crippen LogP contribution in [-0.2, 0) is 4.79 Å². The first-order chi connectivity index (χ1) is 12.6. The van der Waals surface area contributed by atoms with Gasteiger partial charge in [-0.05, 0) is 112 Å². The lowest BCUT2D eigenvalue weighted by Gasteiger charge is -2.58. The smallest absolute Gasteiger partial charge is 0.155 e. The minimum atomic E-state index is -0.518. The highest BCUT2D eigenvalue weighted by atomic mass is 16.3. The van der Waals surface area contributed by atoms with Gasteiger partial charge < -0.3 is 5.11 Å². The minimum absolute atomic E-state index is 0.303. The number of carbonyl (C=O) groups excluding carboxylic acids is 1. The van der Waals surface area contributed by atoms with Crippen LogP contribution in [0.1, 0.15) is 98.3 Å². The van der Waals surface area contributed by atoms with Crippen molar-refractivity contribution in [1.29, 1.82) is 0 Å². The minimum Gasteiger partial charge on any atom is -0.390 e. The molecule has 3 saturated carbocycles. The number of ketones is 1. The number of allylic oxidation sites excluding steroid dienone is 1. The fraction of sp³-hybridized carbons (Fsp3) is 0.880. The van der Waals surface area contributed by atoms with Crippen LogP contribution < -0.4 is 0 Å². The second-order valence-electron chi connectivity index (χ2n) is 11.5. The van der Waals surface area contributed by atoms with Gasteiger partial charge in [0, 0.05) is 6.42 Å². The zero-order chi connectivity index (χ0) is 19.4. The zero-order valence-corrected chi connectivity index (χ0v) is 18.0. The van der Waals surface area contributed by atoms with Crippen molar-refractivity contribution in [2.24, 2.45) is 34.5 Å². The molecule has 27 heavy (non-hydrogen) atoms. The maximum Gasteiger partial charge on any atom is 0.155 e. The molecule has 2 nitrogen and oxygen atoms in total. The van der Waals surface area contributed by atoms with Gasteiger partial charge in [-0.3, -0.25) is 4.79 Å². The summed E-state index contributed by atoms with van der Waals surface area (Å²) in [6, 6.07) is 0. The van der Waals surface area contributed by atoms with Crippen LogP contribution in [-0.4, -0.2) is 16.5 Å². The predicted octanol–water partition coefficient (Wildman–Crippen LogP) is 6.08. The number of carbonyl (C=O) groups is 1. The Morgan fingerprint density at radius 3 is 2.59 bits per heavy atom. The van der Waals surface area contributed by atoms with E-state index in [1.54, 1.807) is 0 Å². The molecule has 3 fully saturated rings. The summed E-state index contributed by atoms with van der Waals surface area (Å²) in [6.07, 6.45) is 15.3. The quantitative estimate of drug-likeness (QED) is 0.649. The Hall–Kier alpha value is -0.630. The van der Waals surface area contributed by atoms with Gasteiger partial charge in [-0.25, -0.2) is 0 Å². The van der Waals surface area contributed by atoms with Gasteiger partial charge in [-0.2, -0.15) is 0 Å². The molecule has 0 aromatic carbocycles. The fourth-order valence-electron chi connectivity index (χ4n) is 7.92. The monoisotopic (exact) mass is 372 g/mol. The van der Waals surface area contributed by atoms with E-state index >= 15 is 0 Å². The van der Waals surface area contributed by atoms with Crippen LogP contribution in [0.4, 0.5) is 0 Å². The SMILES string of the molecule is CC(C)(O)CCCC1CCC2[C@@H]3CCC4=CC(=O)CC[C@]4(C)C3CC[C@]12C. The molecule has 6 atom stereocenters. The average molecular weight is 373 g/mol. The molecule has 4 aliphatic carbocycles. The van der Waals surface area contributed by atoms with Crippen molar-refractivity contribution >= 4 is 5.78 Å². The van der Waals surface area contributed by atoms with Gasteiger partial charge in [-0.15, -0.1) is 0 Å². The van der Waals surface area contributed by atoms with Crippen molar-refractivity contribution in [2.45, 2.75) is 104 Å². The van der Waals surface area contributed by atoms with Crippen molar-refractivity contribution < 1.29 is 9.90 Å². The van der Waals surface area contributed by atoms with Crippen molar-refractivity contribution in [1.82, 2.24) is 0 Å². The molecular weight excluding hydrogens is 332 g/mol. The van der Waals surface area contributed by atoms with E-state index in [2.05, 4.69) is 13.8 Å². The van der Waals surface area contributed by atoms with E-state index in [0.29, 0.717) is 16.6 Å². The topological polar surface area (TPSA) is 37.3 Å². The van der Waals surface area contributed by atoms with Gasteiger partial charge in [0.05, 0.1) is 5.60 Å². The Kier molecular flexibility index (Phi) is 4.89. The molecule has 2 heteroatoms. The van der Waals surface area contributed by atoms with Crippen LogP contribution in [0.25, 0.3) is 0 Å². The number of aliphatic hydroxyl groups is 1. The Morgan fingerprint density at radius 2 is 1.85 bits per heavy atom. The third-order valence-corrected chi connectivity index (χ3v) is 9.50. The second kappa shape index (κ2) is 6.71. The molecule has 0 aromatic rings. The van der Waals surface area contributed by atoms with Gasteiger partial charge in [0.2, 0.25) is 0 Å². The van der Waals surface area contributed by atoms with Crippen molar-refractivity contribution in [3.05, 3.63) is 11.6 Å². The Balaban J connectivity index is 1.49. The maximum atomic E-state index is 12.0. The number of hydrogen-bond donors (Lipinski definition) is 1. The highest BCUT2D eigenvalue weighted by Crippen LogP contribution is 2.67. The Labute approximate surface area is 166 Å². The molecule has 0 heterocycles. The molecule has 0 amide bonds. The highest BCUT2D eigenvalue weighted by Gasteiger charge is 2.58. The van der Waals surface area contributed by atoms with E-state index < -0.39 is 5.60 Å². The zero-order valence-electron chi connectivity index (χ0n) is 18.0. The number of hydrogen-bond acceptors (Lipinski definition) is 2. The fourth-order valence-corrected chi connectivity index (χ4v) is 7.92. The normalized spacial score (nSPS) is 44.3. The Bertz CT molecular complexity index is 627. The third-order valence-electron chi connectivity index (χ3n) is 9.50. The van der Waals surface area contributed by atoms with E-state index in [1.165, 1.54) is 50.5 Å². The van der Waals surface area contributed by atoms with Crippen molar-refractivity contribution in [2.75, 3.05) is 0 Å². The largest absolute Gasteiger partial charge is 0.390 e. The van der Waals surface area contributed by atoms with Gasteiger partial charge >= 0.3 is 0 Å². The molecule has 0 saturated heterocycles. The average Bonchev–Trinajstić information content (AvgIpc) is 2.91. The molecule has 3 unspecified atom stereocenters. The maximum absolute atomic E-state index is 12.0. The van der Waals surface area contributed by atoms with Crippen LogP contribution in [0.3, 0.4) is 0 Å². The summed E-state index contributed by atoms with van der Waals surface area (Å²) in [7, 11) is 0. The van der Waals surface area contributed by atoms with Crippen molar-refractivity contribution in [3.8, 4) is 0 Å². The Morgan fingerprint density at radius 1 is 1.07 bits per heavy atom. The molecule has 1 N–H and O–H groups in total. The number of rotatable bonds is 4. The summed E-state index contributed by atoms with van der Waals surface area (Å²) < 4.78 is 0. The first-order valence-corrected chi connectivity index (χ1v) is 11.6. The third kappa shape index (κ3) is 3.34. The van der Waals surface area contributed by atoms with Gasteiger partial charge in [-0.1, -0.05) is 25.8 Å². The molecule has 0 aromatic heterocycles. The number of fused-ring (bicyclic) bond motifs is 5. The van der Waals surface area contributed by atoms with Crippen molar-refractivity contribution in [3.63, 3.8) is 0 Å². The first kappa shape index (κ1) is 19.7. The van der Waals surface area contributed by atoms with E-state index in [0.717, 1.165) is 49.4 Å². The van der Waals surface area contributed by atoms with Crippen LogP contribution in [0, 0.1) is 34.5 Å². The first-order valence-electron chi connectivity index (χ1n) is 11.6. The molecule has 0 radical (unpaired) electrons. The van der Waals surface area contributed by atoms with Gasteiger partial charge in [0.1, 0.15) is 0 Å². The van der Waals surface area contributed by atoms with Crippen LogP contribution in [0.2, 0.25) is 0 Å². The van der Waals surface area contributed by atoms with E-state index in [1.807, 2.05) is 19.9 Å². The molecule has 4 aliphatic rings. The summed E-state index contributed by atoms with van der Waals surface area (Å²) in [4.78, 5) is 12.0. The molecule has 0 aliphatic heterocycles. The predicted molar refractivity (Wildman–Crippen MR) is 110 cm³/mol. The standard InChI is InChI=1S/C25H40O2/c1-23(2,27)13-5-6-17-8-10-21-20-9-7-18-16-19(26)11-14-25(18,4)22(20)12-15-24(17,21)3/h16-17,20-22,27H,5-15H2,1-4H3/t17?,20-,21?,22?,24+,25-/m0/s1. The summed E-state index contributed by atoms with van der Waals surface area (Å²) in [5, 5.41) is 10.1. The summed E-state index contributed by atoms with van der Waals surface area (Å²) in [6.45, 7) is 8.98. The second-order valence-corrected chi connectivity index (χ2v) is 11.5. The van der Waals surface area contributed by atoms with E-state index in [9.17, 15) is 9.90 Å². The summed E-state index contributed by atoms with van der Waals surface area (Å²) in [5.74, 6) is 3.79. The molecular formula is C25H40O2. The summed E-state index contributed by atoms with van der Waals surface area (Å²) in [5.41, 5.74) is 1.79.